The number of hydrogen-bond donors (Lipinski definition) is 2. The quantitative estimate of drug-likeness (QED) is 0.129. The summed E-state index contributed by atoms with van der Waals surface area (Å²) >= 11 is 0. The minimum absolute atomic E-state index is 0.235. The zero-order valence-electron chi connectivity index (χ0n) is 50.1. The van der Waals surface area contributed by atoms with Crippen LogP contribution in [0.2, 0.25) is 0 Å². The van der Waals surface area contributed by atoms with Gasteiger partial charge in [0.1, 0.15) is 47.5 Å². The fourth-order valence-corrected chi connectivity index (χ4v) is 13.3. The summed E-state index contributed by atoms with van der Waals surface area (Å²) in [5, 5.41) is 7.37. The molecule has 20 nitrogen and oxygen atoms in total. The van der Waals surface area contributed by atoms with Gasteiger partial charge in [-0.15, -0.1) is 0 Å². The molecule has 0 saturated carbocycles. The Morgan fingerprint density at radius 3 is 1.53 bits per heavy atom. The standard InChI is InChI=1S/C34H28FN5O6S.C33H28FN5O4S/c1-36-33(41)30-22-14-21(24-8-7-18-9-10-40-25-6-4-5-23(35)20(25)15-27(40)31(18)38-24)26(39(2)47(3,42)43)16-28(22)46-32(30)19-13-29-34(37-17-19)45-12-11-44-29;1-18-8-9-20(17-36-18)32-30(33(40)35-2)23-14-22(27(16-29(23)43-32)38(3)44(4,41)42)25-11-10-19-12-13-39-26-7-5-6-24(34)21(26)15-28(39)31(19)37-25/h4-8,13-17H,9-12H2,1-3H3,(H,36,41);5-11,14-17H,12-13H2,1-4H3,(H,35,40). The number of rotatable bonds is 10. The van der Waals surface area contributed by atoms with Gasteiger partial charge in [0, 0.05) is 115 Å². The molecule has 0 radical (unpaired) electrons. The van der Waals surface area contributed by atoms with Gasteiger partial charge in [0.05, 0.1) is 80.2 Å². The fourth-order valence-electron chi connectivity index (χ4n) is 12.3. The van der Waals surface area contributed by atoms with Crippen LogP contribution in [0.4, 0.5) is 20.2 Å². The Morgan fingerprint density at radius 1 is 0.571 bits per heavy atom. The van der Waals surface area contributed by atoms with Crippen LogP contribution >= 0.6 is 0 Å². The Morgan fingerprint density at radius 2 is 1.05 bits per heavy atom. The SMILES string of the molecule is CNC(=O)c1c(-c2ccc(C)nc2)oc2cc(N(C)S(C)(=O)=O)c(-c3ccc4c(n3)-c3cc5c(F)cccc5n3CC4)cc12.CNC(=O)c1c(-c2cnc3c(c2)OCCO3)oc2cc(N(C)S(C)(=O)=O)c(-c3ccc4c(n3)-c3cc5c(F)cccc5n3CC4)cc12. The van der Waals surface area contributed by atoms with Gasteiger partial charge in [-0.1, -0.05) is 24.3 Å². The summed E-state index contributed by atoms with van der Waals surface area (Å²) in [4.78, 5) is 45.5. The van der Waals surface area contributed by atoms with E-state index >= 15 is 0 Å². The zero-order chi connectivity index (χ0) is 63.5. The van der Waals surface area contributed by atoms with Crippen molar-refractivity contribution < 1.29 is 53.5 Å². The summed E-state index contributed by atoms with van der Waals surface area (Å²) in [6, 6.07) is 33.3. The van der Waals surface area contributed by atoms with Crippen LogP contribution in [0, 0.1) is 18.6 Å². The van der Waals surface area contributed by atoms with Crippen molar-refractivity contribution in [2.45, 2.75) is 32.9 Å². The average molecular weight is 1260 g/mol. The molecular weight excluding hydrogens is 1210 g/mol. The second-order valence-corrected chi connectivity index (χ2v) is 26.5. The number of aromatic nitrogens is 6. The molecule has 8 aromatic heterocycles. The molecule has 460 valence electrons. The van der Waals surface area contributed by atoms with E-state index in [4.69, 9.17) is 28.3 Å². The van der Waals surface area contributed by atoms with Gasteiger partial charge in [0.2, 0.25) is 20.0 Å². The van der Waals surface area contributed by atoms with Gasteiger partial charge in [0.15, 0.2) is 5.75 Å². The molecule has 0 aliphatic carbocycles. The monoisotopic (exact) mass is 1260 g/mol. The molecule has 0 saturated heterocycles. The molecule has 3 aliphatic heterocycles. The summed E-state index contributed by atoms with van der Waals surface area (Å²) in [5.41, 5.74) is 12.1. The number of hydrogen-bond acceptors (Lipinski definition) is 14. The van der Waals surface area contributed by atoms with Gasteiger partial charge < -0.3 is 38.1 Å². The Kier molecular flexibility index (Phi) is 14.0. The van der Waals surface area contributed by atoms with Gasteiger partial charge in [0.25, 0.3) is 17.7 Å². The van der Waals surface area contributed by atoms with E-state index in [0.717, 1.165) is 56.1 Å². The van der Waals surface area contributed by atoms with E-state index in [0.29, 0.717) is 146 Å². The first-order valence-corrected chi connectivity index (χ1v) is 32.7. The van der Waals surface area contributed by atoms with E-state index in [9.17, 15) is 35.2 Å². The Bertz CT molecular complexity index is 5310. The van der Waals surface area contributed by atoms with Crippen LogP contribution in [0.15, 0.2) is 136 Å². The zero-order valence-corrected chi connectivity index (χ0v) is 51.7. The summed E-state index contributed by atoms with van der Waals surface area (Å²) in [7, 11) is -1.45. The molecule has 2 amide bonds. The molecule has 0 fully saturated rings. The molecule has 12 aromatic rings. The third-order valence-corrected chi connectivity index (χ3v) is 19.4. The van der Waals surface area contributed by atoms with Crippen LogP contribution in [0.5, 0.6) is 11.6 Å². The maximum absolute atomic E-state index is 14.8. The van der Waals surface area contributed by atoms with Gasteiger partial charge in [-0.05, 0) is 110 Å². The number of carbonyl (C=O) groups excluding carboxylic acids is 2. The van der Waals surface area contributed by atoms with Crippen molar-refractivity contribution in [3.8, 4) is 79.6 Å². The summed E-state index contributed by atoms with van der Waals surface area (Å²) in [6.07, 6.45) is 6.81. The highest BCUT2D eigenvalue weighted by molar-refractivity contribution is 7.92. The molecule has 4 aromatic carbocycles. The van der Waals surface area contributed by atoms with E-state index in [2.05, 4.69) is 29.7 Å². The molecule has 0 bridgehead atoms. The average Bonchev–Trinajstić information content (AvgIpc) is 1.67. The third-order valence-electron chi connectivity index (χ3n) is 17.0. The lowest BCUT2D eigenvalue weighted by atomic mass is 9.99. The highest BCUT2D eigenvalue weighted by Gasteiger charge is 2.32. The van der Waals surface area contributed by atoms with Crippen molar-refractivity contribution in [3.05, 3.63) is 167 Å². The number of furan rings is 2. The first-order valence-electron chi connectivity index (χ1n) is 29.0. The van der Waals surface area contributed by atoms with Gasteiger partial charge in [-0.2, -0.15) is 0 Å². The summed E-state index contributed by atoms with van der Waals surface area (Å²) in [5.74, 6) is -0.0572. The van der Waals surface area contributed by atoms with Crippen molar-refractivity contribution in [1.82, 2.24) is 39.7 Å². The predicted molar refractivity (Wildman–Crippen MR) is 344 cm³/mol. The smallest absolute Gasteiger partial charge is 0.257 e. The topological polar surface area (TPSA) is 239 Å². The van der Waals surface area contributed by atoms with Gasteiger partial charge in [-0.3, -0.25) is 23.2 Å². The number of amides is 2. The number of nitrogens with zero attached hydrogens (tertiary/aromatic N) is 8. The van der Waals surface area contributed by atoms with E-state index in [1.165, 1.54) is 50.8 Å². The third kappa shape index (κ3) is 9.92. The van der Waals surface area contributed by atoms with Crippen LogP contribution in [0.1, 0.15) is 37.5 Å². The highest BCUT2D eigenvalue weighted by Crippen LogP contribution is 2.46. The molecular formula is C67H56F2N10O10S2. The molecule has 3 aliphatic rings. The normalized spacial score (nSPS) is 13.3. The first-order chi connectivity index (χ1) is 43.7. The number of halogens is 2. The molecule has 0 spiro atoms. The van der Waals surface area contributed by atoms with E-state index in [1.54, 1.807) is 54.7 Å². The Balaban J connectivity index is 0.000000159. The maximum atomic E-state index is 14.8. The van der Waals surface area contributed by atoms with Crippen molar-refractivity contribution >= 4 is 87.0 Å². The Labute approximate surface area is 519 Å². The van der Waals surface area contributed by atoms with Crippen LogP contribution in [0.3, 0.4) is 0 Å². The number of sulfonamides is 2. The first kappa shape index (κ1) is 58.2. The van der Waals surface area contributed by atoms with Gasteiger partial charge in [-0.25, -0.2) is 40.6 Å². The molecule has 2 N–H and O–H groups in total. The largest absolute Gasteiger partial charge is 0.484 e. The number of ether oxygens (including phenoxy) is 2. The summed E-state index contributed by atoms with van der Waals surface area (Å²) < 4.78 is 111. The van der Waals surface area contributed by atoms with Crippen molar-refractivity contribution in [1.29, 1.82) is 0 Å². The number of carbonyl (C=O) groups is 2. The summed E-state index contributed by atoms with van der Waals surface area (Å²) in [6.45, 7) is 3.96. The van der Waals surface area contributed by atoms with Gasteiger partial charge >= 0.3 is 0 Å². The van der Waals surface area contributed by atoms with Crippen LogP contribution in [0.25, 0.3) is 112 Å². The minimum atomic E-state index is -3.73. The van der Waals surface area contributed by atoms with Crippen molar-refractivity contribution in [3.63, 3.8) is 0 Å². The molecule has 24 heteroatoms. The van der Waals surface area contributed by atoms with E-state index in [-0.39, 0.29) is 34.4 Å². The highest BCUT2D eigenvalue weighted by atomic mass is 32.2. The maximum Gasteiger partial charge on any atom is 0.257 e. The number of aryl methyl sites for hydroxylation is 5. The second-order valence-electron chi connectivity index (χ2n) is 22.5. The molecule has 15 rings (SSSR count). The second kappa shape index (κ2) is 21.9. The number of nitrogens with one attached hydrogen (secondary N) is 2. The lowest BCUT2D eigenvalue weighted by Crippen LogP contribution is -2.25. The Hall–Kier alpha value is -10.5. The fraction of sp³-hybridized carbons (Fsp3) is 0.194. The molecule has 91 heavy (non-hydrogen) atoms. The van der Waals surface area contributed by atoms with Crippen LogP contribution in [-0.4, -0.2) is 112 Å². The van der Waals surface area contributed by atoms with Crippen LogP contribution in [-0.2, 0) is 46.0 Å². The number of anilines is 2. The van der Waals surface area contributed by atoms with E-state index in [1.807, 2.05) is 61.5 Å². The number of fused-ring (bicyclic) bond motifs is 13. The van der Waals surface area contributed by atoms with Crippen LogP contribution < -0.4 is 28.7 Å². The molecule has 11 heterocycles. The van der Waals surface area contributed by atoms with E-state index < -0.39 is 26.0 Å². The number of pyridine rings is 4. The van der Waals surface area contributed by atoms with Crippen molar-refractivity contribution in [2.75, 3.05) is 62.5 Å². The molecule has 0 unspecified atom stereocenters. The lowest BCUT2D eigenvalue weighted by Gasteiger charge is -2.23. The number of benzene rings is 4. The predicted octanol–water partition coefficient (Wildman–Crippen LogP) is 11.3. The minimum Gasteiger partial charge on any atom is -0.484 e. The van der Waals surface area contributed by atoms with Crippen molar-refractivity contribution in [2.24, 2.45) is 0 Å². The molecule has 0 atom stereocenters. The lowest BCUT2D eigenvalue weighted by molar-refractivity contribution is 0.0956.